The molecule has 1 N–H and O–H groups in total. The second-order valence-corrected chi connectivity index (χ2v) is 7.16. The molecule has 1 aromatic heterocycles. The molecule has 124 valence electrons. The zero-order chi connectivity index (χ0) is 17.0. The van der Waals surface area contributed by atoms with Crippen LogP contribution in [-0.4, -0.2) is 29.7 Å². The first-order valence-electron chi connectivity index (χ1n) is 7.02. The van der Waals surface area contributed by atoms with Crippen LogP contribution in [0.25, 0.3) is 0 Å². The minimum atomic E-state index is -3.70. The molecule has 0 amide bonds. The van der Waals surface area contributed by atoms with Crippen molar-refractivity contribution in [2.75, 3.05) is 6.54 Å². The molecule has 8 nitrogen and oxygen atoms in total. The van der Waals surface area contributed by atoms with Gasteiger partial charge < -0.3 is 0 Å². The minimum absolute atomic E-state index is 0.0203. The summed E-state index contributed by atoms with van der Waals surface area (Å²) in [7, 11) is -3.70. The van der Waals surface area contributed by atoms with Gasteiger partial charge in [0.15, 0.2) is 0 Å². The average molecular weight is 338 g/mol. The van der Waals surface area contributed by atoms with Gasteiger partial charge in [-0.3, -0.25) is 14.8 Å². The zero-order valence-electron chi connectivity index (χ0n) is 12.8. The summed E-state index contributed by atoms with van der Waals surface area (Å²) in [6.45, 7) is 4.26. The number of nitro benzene ring substituents is 1. The Bertz CT molecular complexity index is 787. The first-order chi connectivity index (χ1) is 10.8. The summed E-state index contributed by atoms with van der Waals surface area (Å²) >= 11 is 0. The van der Waals surface area contributed by atoms with E-state index in [-0.39, 0.29) is 23.0 Å². The van der Waals surface area contributed by atoms with Crippen molar-refractivity contribution >= 4 is 15.7 Å². The Morgan fingerprint density at radius 1 is 1.43 bits per heavy atom. The van der Waals surface area contributed by atoms with Crippen molar-refractivity contribution < 1.29 is 13.3 Å². The number of benzene rings is 1. The van der Waals surface area contributed by atoms with Crippen LogP contribution in [0.3, 0.4) is 0 Å². The van der Waals surface area contributed by atoms with Crippen LogP contribution < -0.4 is 4.72 Å². The summed E-state index contributed by atoms with van der Waals surface area (Å²) < 4.78 is 28.8. The third-order valence-corrected chi connectivity index (χ3v) is 4.78. The number of nitro groups is 1. The predicted molar refractivity (Wildman–Crippen MR) is 84.4 cm³/mol. The molecular formula is C14H18N4O4S. The lowest BCUT2D eigenvalue weighted by molar-refractivity contribution is -0.385. The second kappa shape index (κ2) is 6.88. The summed E-state index contributed by atoms with van der Waals surface area (Å²) in [5.74, 6) is 0.0452. The van der Waals surface area contributed by atoms with Crippen LogP contribution in [-0.2, 0) is 16.6 Å². The Hall–Kier alpha value is -2.26. The molecule has 0 unspecified atom stereocenters. The molecule has 0 spiro atoms. The molecule has 0 radical (unpaired) electrons. The Morgan fingerprint density at radius 2 is 2.17 bits per heavy atom. The summed E-state index contributed by atoms with van der Waals surface area (Å²) in [6.07, 6.45) is 3.47. The third kappa shape index (κ3) is 4.36. The van der Waals surface area contributed by atoms with E-state index in [1.54, 1.807) is 16.9 Å². The fourth-order valence-electron chi connectivity index (χ4n) is 2.13. The Balaban J connectivity index is 2.04. The van der Waals surface area contributed by atoms with Gasteiger partial charge in [-0.05, 0) is 31.0 Å². The monoisotopic (exact) mass is 338 g/mol. The molecular weight excluding hydrogens is 320 g/mol. The largest absolute Gasteiger partial charge is 0.272 e. The fraction of sp³-hybridized carbons (Fsp3) is 0.357. The molecule has 0 saturated heterocycles. The molecule has 1 atom stereocenters. The molecule has 23 heavy (non-hydrogen) atoms. The lowest BCUT2D eigenvalue weighted by Crippen LogP contribution is -2.30. The Kier molecular flexibility index (Phi) is 5.12. The number of sulfonamides is 1. The maximum atomic E-state index is 12.3. The van der Waals surface area contributed by atoms with Crippen LogP contribution in [0, 0.1) is 23.0 Å². The lowest BCUT2D eigenvalue weighted by atomic mass is 10.2. The van der Waals surface area contributed by atoms with Gasteiger partial charge in [0.1, 0.15) is 0 Å². The van der Waals surface area contributed by atoms with E-state index in [1.165, 1.54) is 25.1 Å². The van der Waals surface area contributed by atoms with E-state index in [0.29, 0.717) is 12.1 Å². The maximum Gasteiger partial charge on any atom is 0.272 e. The van der Waals surface area contributed by atoms with Gasteiger partial charge in [0.05, 0.1) is 9.82 Å². The molecule has 0 aliphatic rings. The van der Waals surface area contributed by atoms with Gasteiger partial charge in [-0.2, -0.15) is 5.10 Å². The summed E-state index contributed by atoms with van der Waals surface area (Å²) in [5, 5.41) is 14.9. The highest BCUT2D eigenvalue weighted by Crippen LogP contribution is 2.21. The average Bonchev–Trinajstić information content (AvgIpc) is 2.97. The molecule has 9 heteroatoms. The van der Waals surface area contributed by atoms with Gasteiger partial charge >= 0.3 is 0 Å². The highest BCUT2D eigenvalue weighted by molar-refractivity contribution is 7.89. The van der Waals surface area contributed by atoms with Gasteiger partial charge in [0, 0.05) is 37.1 Å². The van der Waals surface area contributed by atoms with Gasteiger partial charge in [-0.25, -0.2) is 13.1 Å². The normalized spacial score (nSPS) is 13.0. The SMILES string of the molecule is Cc1cc(S(=O)(=O)NC[C@H](C)Cn2cccn2)ccc1[N+](=O)[O-]. The first kappa shape index (κ1) is 17.1. The van der Waals surface area contributed by atoms with Gasteiger partial charge in [0.2, 0.25) is 10.0 Å². The summed E-state index contributed by atoms with van der Waals surface area (Å²) in [4.78, 5) is 10.3. The number of hydrogen-bond acceptors (Lipinski definition) is 5. The zero-order valence-corrected chi connectivity index (χ0v) is 13.7. The molecule has 1 heterocycles. The predicted octanol–water partition coefficient (Wildman–Crippen LogP) is 1.71. The van der Waals surface area contributed by atoms with E-state index in [1.807, 2.05) is 13.1 Å². The molecule has 0 aliphatic heterocycles. The quantitative estimate of drug-likeness (QED) is 0.611. The van der Waals surface area contributed by atoms with E-state index in [0.717, 1.165) is 0 Å². The van der Waals surface area contributed by atoms with Crippen LogP contribution in [0.2, 0.25) is 0 Å². The van der Waals surface area contributed by atoms with Gasteiger partial charge in [0.25, 0.3) is 5.69 Å². The molecule has 2 rings (SSSR count). The lowest BCUT2D eigenvalue weighted by Gasteiger charge is -2.13. The molecule has 0 bridgehead atoms. The molecule has 0 fully saturated rings. The van der Waals surface area contributed by atoms with Crippen molar-refractivity contribution in [1.29, 1.82) is 0 Å². The highest BCUT2D eigenvalue weighted by Gasteiger charge is 2.19. The van der Waals surface area contributed by atoms with Gasteiger partial charge in [-0.15, -0.1) is 0 Å². The summed E-state index contributed by atoms with van der Waals surface area (Å²) in [6, 6.07) is 5.55. The number of rotatable bonds is 7. The van der Waals surface area contributed by atoms with E-state index >= 15 is 0 Å². The van der Waals surface area contributed by atoms with Crippen LogP contribution >= 0.6 is 0 Å². The minimum Gasteiger partial charge on any atom is -0.272 e. The number of aromatic nitrogens is 2. The molecule has 1 aromatic carbocycles. The van der Waals surface area contributed by atoms with Crippen molar-refractivity contribution in [3.8, 4) is 0 Å². The van der Waals surface area contributed by atoms with Crippen molar-refractivity contribution in [1.82, 2.24) is 14.5 Å². The van der Waals surface area contributed by atoms with E-state index in [2.05, 4.69) is 9.82 Å². The van der Waals surface area contributed by atoms with Crippen molar-refractivity contribution in [3.05, 3.63) is 52.3 Å². The van der Waals surface area contributed by atoms with E-state index < -0.39 is 14.9 Å². The van der Waals surface area contributed by atoms with Crippen molar-refractivity contribution in [2.45, 2.75) is 25.3 Å². The number of nitrogens with one attached hydrogen (secondary N) is 1. The first-order valence-corrected chi connectivity index (χ1v) is 8.50. The topological polar surface area (TPSA) is 107 Å². The fourth-order valence-corrected chi connectivity index (χ4v) is 3.38. The Labute approximate surface area is 134 Å². The summed E-state index contributed by atoms with van der Waals surface area (Å²) in [5.41, 5.74) is 0.207. The number of aryl methyl sites for hydroxylation is 1. The third-order valence-electron chi connectivity index (χ3n) is 3.35. The second-order valence-electron chi connectivity index (χ2n) is 5.39. The van der Waals surface area contributed by atoms with Crippen LogP contribution in [0.5, 0.6) is 0 Å². The van der Waals surface area contributed by atoms with Crippen molar-refractivity contribution in [3.63, 3.8) is 0 Å². The standard InChI is InChI=1S/C14H18N4O4S/c1-11(10-17-7-3-6-15-17)9-16-23(21,22)13-4-5-14(18(19)20)12(2)8-13/h3-8,11,16H,9-10H2,1-2H3/t11-/m0/s1. The smallest absolute Gasteiger partial charge is 0.272 e. The Morgan fingerprint density at radius 3 is 2.74 bits per heavy atom. The van der Waals surface area contributed by atoms with Gasteiger partial charge in [-0.1, -0.05) is 6.92 Å². The van der Waals surface area contributed by atoms with E-state index in [4.69, 9.17) is 0 Å². The number of hydrogen-bond donors (Lipinski definition) is 1. The highest BCUT2D eigenvalue weighted by atomic mass is 32.2. The molecule has 0 aliphatic carbocycles. The number of nitrogens with zero attached hydrogens (tertiary/aromatic N) is 3. The van der Waals surface area contributed by atoms with Crippen LogP contribution in [0.15, 0.2) is 41.6 Å². The molecule has 0 saturated carbocycles. The van der Waals surface area contributed by atoms with Crippen molar-refractivity contribution in [2.24, 2.45) is 5.92 Å². The van der Waals surface area contributed by atoms with Crippen LogP contribution in [0.1, 0.15) is 12.5 Å². The maximum absolute atomic E-state index is 12.3. The van der Waals surface area contributed by atoms with Crippen LogP contribution in [0.4, 0.5) is 5.69 Å². The van der Waals surface area contributed by atoms with E-state index in [9.17, 15) is 18.5 Å². The molecule has 2 aromatic rings.